The summed E-state index contributed by atoms with van der Waals surface area (Å²) < 4.78 is 28.3. The maximum absolute atomic E-state index is 11.3. The van der Waals surface area contributed by atoms with Crippen molar-refractivity contribution in [2.24, 2.45) is 4.99 Å². The molecule has 148 valence electrons. The monoisotopic (exact) mass is 384 g/mol. The molecule has 2 unspecified atom stereocenters. The van der Waals surface area contributed by atoms with E-state index in [1.807, 2.05) is 19.1 Å². The zero-order valence-corrected chi connectivity index (χ0v) is 16.9. The van der Waals surface area contributed by atoms with E-state index in [9.17, 15) is 8.42 Å². The quantitative estimate of drug-likeness (QED) is 0.525. The van der Waals surface area contributed by atoms with Crippen molar-refractivity contribution in [3.8, 4) is 0 Å². The molecule has 2 N–H and O–H groups in total. The number of guanidine groups is 1. The molecule has 2 rings (SSSR count). The highest BCUT2D eigenvalue weighted by Crippen LogP contribution is 2.24. The summed E-state index contributed by atoms with van der Waals surface area (Å²) in [6.07, 6.45) is 7.24. The van der Waals surface area contributed by atoms with Gasteiger partial charge in [-0.05, 0) is 51.4 Å². The summed E-state index contributed by atoms with van der Waals surface area (Å²) in [6, 6.07) is 4.13. The van der Waals surface area contributed by atoms with E-state index in [2.05, 4.69) is 20.5 Å². The molecule has 26 heavy (non-hydrogen) atoms. The lowest BCUT2D eigenvalue weighted by Gasteiger charge is -2.34. The number of nitrogens with one attached hydrogen (secondary N) is 2. The van der Waals surface area contributed by atoms with Gasteiger partial charge in [0.05, 0.1) is 18.1 Å². The molecule has 0 aromatic carbocycles. The molecular formula is C18H32N4O3S. The Morgan fingerprint density at radius 3 is 2.65 bits per heavy atom. The fourth-order valence-corrected chi connectivity index (χ4v) is 3.99. The predicted molar refractivity (Wildman–Crippen MR) is 105 cm³/mol. The molecule has 2 heterocycles. The van der Waals surface area contributed by atoms with Crippen molar-refractivity contribution in [3.05, 3.63) is 24.2 Å². The van der Waals surface area contributed by atoms with Gasteiger partial charge in [0.25, 0.3) is 0 Å². The van der Waals surface area contributed by atoms with Crippen LogP contribution in [0.4, 0.5) is 0 Å². The summed E-state index contributed by atoms with van der Waals surface area (Å²) >= 11 is 0. The van der Waals surface area contributed by atoms with E-state index in [1.54, 1.807) is 13.3 Å². The fraction of sp³-hybridized carbons (Fsp3) is 0.722. The molecule has 0 bridgehead atoms. The number of hydrogen-bond donors (Lipinski definition) is 2. The Balaban J connectivity index is 1.91. The van der Waals surface area contributed by atoms with E-state index in [0.717, 1.165) is 18.8 Å². The van der Waals surface area contributed by atoms with Crippen molar-refractivity contribution in [2.75, 3.05) is 38.7 Å². The van der Waals surface area contributed by atoms with Crippen molar-refractivity contribution in [1.29, 1.82) is 0 Å². The van der Waals surface area contributed by atoms with Gasteiger partial charge in [-0.3, -0.25) is 9.89 Å². The van der Waals surface area contributed by atoms with Gasteiger partial charge in [-0.15, -0.1) is 0 Å². The van der Waals surface area contributed by atoms with Crippen LogP contribution in [0, 0.1) is 0 Å². The van der Waals surface area contributed by atoms with Crippen LogP contribution in [0.5, 0.6) is 0 Å². The number of hydrogen-bond acceptors (Lipinski definition) is 5. The number of furan rings is 1. The van der Waals surface area contributed by atoms with Gasteiger partial charge in [-0.1, -0.05) is 6.42 Å². The third kappa shape index (κ3) is 6.99. The minimum absolute atomic E-state index is 0.0213. The van der Waals surface area contributed by atoms with Crippen LogP contribution in [-0.2, 0) is 9.84 Å². The molecule has 1 fully saturated rings. The summed E-state index contributed by atoms with van der Waals surface area (Å²) in [6.45, 7) is 4.80. The van der Waals surface area contributed by atoms with E-state index >= 15 is 0 Å². The van der Waals surface area contributed by atoms with Gasteiger partial charge in [0.1, 0.15) is 15.6 Å². The molecule has 1 aromatic rings. The van der Waals surface area contributed by atoms with Crippen molar-refractivity contribution >= 4 is 15.8 Å². The molecule has 7 nitrogen and oxygen atoms in total. The van der Waals surface area contributed by atoms with Gasteiger partial charge in [0, 0.05) is 25.9 Å². The van der Waals surface area contributed by atoms with Gasteiger partial charge in [0.15, 0.2) is 5.96 Å². The van der Waals surface area contributed by atoms with Crippen molar-refractivity contribution in [1.82, 2.24) is 15.5 Å². The van der Waals surface area contributed by atoms with Crippen molar-refractivity contribution in [2.45, 2.75) is 44.7 Å². The Morgan fingerprint density at radius 1 is 1.35 bits per heavy atom. The summed E-state index contributed by atoms with van der Waals surface area (Å²) in [7, 11) is -1.23. The SMILES string of the molecule is CN=C(NCC(c1ccco1)N1CCCCC1)NC(C)CCS(C)(=O)=O. The van der Waals surface area contributed by atoms with Crippen LogP contribution >= 0.6 is 0 Å². The second kappa shape index (κ2) is 9.97. The molecule has 0 aliphatic carbocycles. The van der Waals surface area contributed by atoms with Crippen molar-refractivity contribution in [3.63, 3.8) is 0 Å². The molecule has 0 saturated carbocycles. The second-order valence-electron chi connectivity index (χ2n) is 7.04. The minimum atomic E-state index is -2.95. The molecule has 0 amide bonds. The first-order valence-electron chi connectivity index (χ1n) is 9.31. The number of aliphatic imine (C=N–C) groups is 1. The lowest BCUT2D eigenvalue weighted by molar-refractivity contribution is 0.146. The van der Waals surface area contributed by atoms with Gasteiger partial charge in [-0.25, -0.2) is 8.42 Å². The summed E-state index contributed by atoms with van der Waals surface area (Å²) in [5.41, 5.74) is 0. The molecule has 1 aromatic heterocycles. The number of rotatable bonds is 8. The third-order valence-electron chi connectivity index (χ3n) is 4.69. The molecule has 0 spiro atoms. The summed E-state index contributed by atoms with van der Waals surface area (Å²) in [5, 5.41) is 6.64. The van der Waals surface area contributed by atoms with Crippen LogP contribution in [0.1, 0.15) is 44.4 Å². The lowest BCUT2D eigenvalue weighted by atomic mass is 10.1. The second-order valence-corrected chi connectivity index (χ2v) is 9.30. The summed E-state index contributed by atoms with van der Waals surface area (Å²) in [5.74, 6) is 1.81. The first-order chi connectivity index (χ1) is 12.4. The minimum Gasteiger partial charge on any atom is -0.468 e. The molecular weight excluding hydrogens is 352 g/mol. The fourth-order valence-electron chi connectivity index (χ4n) is 3.20. The third-order valence-corrected chi connectivity index (χ3v) is 5.67. The zero-order valence-electron chi connectivity index (χ0n) is 16.1. The van der Waals surface area contributed by atoms with Crippen LogP contribution in [0.25, 0.3) is 0 Å². The summed E-state index contributed by atoms with van der Waals surface area (Å²) in [4.78, 5) is 6.72. The van der Waals surface area contributed by atoms with Gasteiger partial charge in [-0.2, -0.15) is 0 Å². The molecule has 1 aliphatic rings. The smallest absolute Gasteiger partial charge is 0.191 e. The van der Waals surface area contributed by atoms with E-state index in [0.29, 0.717) is 18.9 Å². The first kappa shape index (κ1) is 20.8. The number of sulfone groups is 1. The first-order valence-corrected chi connectivity index (χ1v) is 11.4. The zero-order chi connectivity index (χ0) is 19.0. The average Bonchev–Trinajstić information content (AvgIpc) is 3.14. The highest BCUT2D eigenvalue weighted by molar-refractivity contribution is 7.90. The topological polar surface area (TPSA) is 86.9 Å². The van der Waals surface area contributed by atoms with Crippen LogP contribution in [0.15, 0.2) is 27.8 Å². The van der Waals surface area contributed by atoms with E-state index in [1.165, 1.54) is 25.5 Å². The Hall–Kier alpha value is -1.54. The molecule has 1 saturated heterocycles. The lowest BCUT2D eigenvalue weighted by Crippen LogP contribution is -2.46. The molecule has 8 heteroatoms. The number of nitrogens with zero attached hydrogens (tertiary/aromatic N) is 2. The average molecular weight is 385 g/mol. The highest BCUT2D eigenvalue weighted by atomic mass is 32.2. The molecule has 1 aliphatic heterocycles. The number of likely N-dealkylation sites (tertiary alicyclic amines) is 1. The van der Waals surface area contributed by atoms with Crippen molar-refractivity contribution < 1.29 is 12.8 Å². The molecule has 0 radical (unpaired) electrons. The van der Waals surface area contributed by atoms with Gasteiger partial charge >= 0.3 is 0 Å². The predicted octanol–water partition coefficient (Wildman–Crippen LogP) is 1.79. The normalized spacial score (nSPS) is 19.1. The van der Waals surface area contributed by atoms with E-state index < -0.39 is 9.84 Å². The molecule has 2 atom stereocenters. The Morgan fingerprint density at radius 2 is 2.08 bits per heavy atom. The Bertz CT molecular complexity index is 652. The highest BCUT2D eigenvalue weighted by Gasteiger charge is 2.24. The van der Waals surface area contributed by atoms with Crippen LogP contribution in [0.2, 0.25) is 0 Å². The standard InChI is InChI=1S/C18H32N4O3S/c1-15(9-13-26(3,23)24)21-18(19-2)20-14-16(17-8-7-12-25-17)22-10-5-4-6-11-22/h7-8,12,15-16H,4-6,9-11,13-14H2,1-3H3,(H2,19,20,21). The maximum atomic E-state index is 11.3. The van der Waals surface area contributed by atoms with E-state index in [-0.39, 0.29) is 17.8 Å². The van der Waals surface area contributed by atoms with Gasteiger partial charge < -0.3 is 15.1 Å². The van der Waals surface area contributed by atoms with E-state index in [4.69, 9.17) is 4.42 Å². The Labute approximate surface area is 157 Å². The van der Waals surface area contributed by atoms with Crippen LogP contribution < -0.4 is 10.6 Å². The van der Waals surface area contributed by atoms with Crippen LogP contribution in [-0.4, -0.2) is 64.0 Å². The Kier molecular flexibility index (Phi) is 7.96. The number of piperidine rings is 1. The maximum Gasteiger partial charge on any atom is 0.191 e. The largest absolute Gasteiger partial charge is 0.468 e. The van der Waals surface area contributed by atoms with Gasteiger partial charge in [0.2, 0.25) is 0 Å². The van der Waals surface area contributed by atoms with Crippen LogP contribution in [0.3, 0.4) is 0 Å².